The SMILES string of the molecule is c1ccc(-c2cc3c(-c4ccco4)cccc3[nH]2)cc1. The van der Waals surface area contributed by atoms with Gasteiger partial charge >= 0.3 is 0 Å². The Morgan fingerprint density at radius 3 is 2.50 bits per heavy atom. The van der Waals surface area contributed by atoms with Crippen LogP contribution in [0.1, 0.15) is 0 Å². The molecule has 0 spiro atoms. The van der Waals surface area contributed by atoms with Crippen molar-refractivity contribution in [3.63, 3.8) is 0 Å². The molecule has 0 aliphatic rings. The van der Waals surface area contributed by atoms with E-state index in [1.165, 1.54) is 10.9 Å². The molecule has 2 heterocycles. The summed E-state index contributed by atoms with van der Waals surface area (Å²) in [4.78, 5) is 3.47. The summed E-state index contributed by atoms with van der Waals surface area (Å²) in [5.41, 5.74) is 4.55. The first-order chi connectivity index (χ1) is 9.92. The van der Waals surface area contributed by atoms with E-state index in [4.69, 9.17) is 4.42 Å². The highest BCUT2D eigenvalue weighted by atomic mass is 16.3. The third kappa shape index (κ3) is 1.74. The first-order valence-corrected chi connectivity index (χ1v) is 6.63. The lowest BCUT2D eigenvalue weighted by Gasteiger charge is -1.98. The van der Waals surface area contributed by atoms with Gasteiger partial charge in [-0.2, -0.15) is 0 Å². The fraction of sp³-hybridized carbons (Fsp3) is 0. The number of H-pyrrole nitrogens is 1. The van der Waals surface area contributed by atoms with Crippen molar-refractivity contribution in [2.45, 2.75) is 0 Å². The van der Waals surface area contributed by atoms with Gasteiger partial charge in [-0.3, -0.25) is 0 Å². The van der Waals surface area contributed by atoms with Gasteiger partial charge in [-0.05, 0) is 29.8 Å². The van der Waals surface area contributed by atoms with Gasteiger partial charge in [-0.15, -0.1) is 0 Å². The molecule has 2 heteroatoms. The van der Waals surface area contributed by atoms with Crippen molar-refractivity contribution in [1.29, 1.82) is 0 Å². The van der Waals surface area contributed by atoms with Crippen LogP contribution in [0.4, 0.5) is 0 Å². The average Bonchev–Trinajstić information content (AvgIpc) is 3.17. The molecule has 0 amide bonds. The fourth-order valence-electron chi connectivity index (χ4n) is 2.58. The number of hydrogen-bond donors (Lipinski definition) is 1. The van der Waals surface area contributed by atoms with Crippen LogP contribution in [0.25, 0.3) is 33.5 Å². The van der Waals surface area contributed by atoms with Crippen LogP contribution in [0.3, 0.4) is 0 Å². The number of rotatable bonds is 2. The van der Waals surface area contributed by atoms with E-state index in [0.29, 0.717) is 0 Å². The van der Waals surface area contributed by atoms with Crippen LogP contribution in [0.2, 0.25) is 0 Å². The molecule has 2 aromatic heterocycles. The van der Waals surface area contributed by atoms with Gasteiger partial charge < -0.3 is 9.40 Å². The Kier molecular flexibility index (Phi) is 2.46. The third-order valence-electron chi connectivity index (χ3n) is 3.54. The minimum absolute atomic E-state index is 0.897. The molecule has 0 aliphatic carbocycles. The molecule has 0 unspecified atom stereocenters. The van der Waals surface area contributed by atoms with Crippen LogP contribution in [-0.4, -0.2) is 4.98 Å². The van der Waals surface area contributed by atoms with Gasteiger partial charge in [0.15, 0.2) is 0 Å². The molecule has 1 N–H and O–H groups in total. The van der Waals surface area contributed by atoms with Crippen LogP contribution in [0, 0.1) is 0 Å². The highest BCUT2D eigenvalue weighted by Crippen LogP contribution is 2.32. The molecule has 20 heavy (non-hydrogen) atoms. The Labute approximate surface area is 116 Å². The first kappa shape index (κ1) is 11.1. The zero-order valence-corrected chi connectivity index (χ0v) is 10.8. The summed E-state index contributed by atoms with van der Waals surface area (Å²) >= 11 is 0. The molecule has 0 saturated heterocycles. The predicted molar refractivity (Wildman–Crippen MR) is 81.4 cm³/mol. The normalized spacial score (nSPS) is 11.0. The Bertz CT molecular complexity index is 842. The van der Waals surface area contributed by atoms with E-state index in [1.807, 2.05) is 36.4 Å². The lowest BCUT2D eigenvalue weighted by molar-refractivity contribution is 0.583. The molecule has 0 radical (unpaired) electrons. The van der Waals surface area contributed by atoms with Gasteiger partial charge in [0.2, 0.25) is 0 Å². The molecule has 0 saturated carbocycles. The maximum absolute atomic E-state index is 5.53. The smallest absolute Gasteiger partial charge is 0.134 e. The van der Waals surface area contributed by atoms with Gasteiger partial charge in [0.25, 0.3) is 0 Å². The monoisotopic (exact) mass is 259 g/mol. The molecular formula is C18H13NO. The molecule has 0 bridgehead atoms. The predicted octanol–water partition coefficient (Wildman–Crippen LogP) is 5.09. The van der Waals surface area contributed by atoms with Gasteiger partial charge in [-0.1, -0.05) is 42.5 Å². The number of benzene rings is 2. The molecule has 2 aromatic carbocycles. The second-order valence-corrected chi connectivity index (χ2v) is 4.79. The van der Waals surface area contributed by atoms with Gasteiger partial charge in [-0.25, -0.2) is 0 Å². The number of hydrogen-bond acceptors (Lipinski definition) is 1. The minimum atomic E-state index is 0.897. The number of nitrogens with one attached hydrogen (secondary N) is 1. The summed E-state index contributed by atoms with van der Waals surface area (Å²) in [5.74, 6) is 0.897. The summed E-state index contributed by atoms with van der Waals surface area (Å²) in [6, 6.07) is 22.7. The lowest BCUT2D eigenvalue weighted by Crippen LogP contribution is -1.75. The average molecular weight is 259 g/mol. The fourth-order valence-corrected chi connectivity index (χ4v) is 2.58. The van der Waals surface area contributed by atoms with Crippen molar-refractivity contribution in [3.05, 3.63) is 73.0 Å². The lowest BCUT2D eigenvalue weighted by atomic mass is 10.1. The summed E-state index contributed by atoms with van der Waals surface area (Å²) < 4.78 is 5.53. The van der Waals surface area contributed by atoms with Crippen molar-refractivity contribution in [3.8, 4) is 22.6 Å². The molecule has 4 rings (SSSR count). The van der Waals surface area contributed by atoms with Crippen LogP contribution in [0.5, 0.6) is 0 Å². The Balaban J connectivity index is 1.94. The van der Waals surface area contributed by atoms with E-state index >= 15 is 0 Å². The number of fused-ring (bicyclic) bond motifs is 1. The number of furan rings is 1. The molecular weight excluding hydrogens is 246 g/mol. The summed E-state index contributed by atoms with van der Waals surface area (Å²) in [6.07, 6.45) is 1.71. The second kappa shape index (κ2) is 4.42. The molecule has 0 fully saturated rings. The van der Waals surface area contributed by atoms with Crippen molar-refractivity contribution in [2.75, 3.05) is 0 Å². The van der Waals surface area contributed by atoms with Crippen LogP contribution < -0.4 is 0 Å². The van der Waals surface area contributed by atoms with Gasteiger partial charge in [0.05, 0.1) is 6.26 Å². The zero-order valence-electron chi connectivity index (χ0n) is 10.8. The molecule has 4 aromatic rings. The summed E-state index contributed by atoms with van der Waals surface area (Å²) in [5, 5.41) is 1.18. The van der Waals surface area contributed by atoms with Gasteiger partial charge in [0.1, 0.15) is 5.76 Å². The number of aromatic amines is 1. The molecule has 96 valence electrons. The van der Waals surface area contributed by atoms with E-state index in [-0.39, 0.29) is 0 Å². The van der Waals surface area contributed by atoms with Crippen LogP contribution in [0.15, 0.2) is 77.4 Å². The zero-order chi connectivity index (χ0) is 13.4. The Morgan fingerprint density at radius 2 is 1.70 bits per heavy atom. The van der Waals surface area contributed by atoms with Crippen molar-refractivity contribution >= 4 is 10.9 Å². The Morgan fingerprint density at radius 1 is 0.800 bits per heavy atom. The summed E-state index contributed by atoms with van der Waals surface area (Å²) in [7, 11) is 0. The van der Waals surface area contributed by atoms with E-state index in [9.17, 15) is 0 Å². The largest absolute Gasteiger partial charge is 0.464 e. The molecule has 0 atom stereocenters. The quantitative estimate of drug-likeness (QED) is 0.533. The molecule has 0 aliphatic heterocycles. The third-order valence-corrected chi connectivity index (χ3v) is 3.54. The maximum Gasteiger partial charge on any atom is 0.134 e. The maximum atomic E-state index is 5.53. The van der Waals surface area contributed by atoms with E-state index in [0.717, 1.165) is 22.5 Å². The van der Waals surface area contributed by atoms with Crippen LogP contribution >= 0.6 is 0 Å². The van der Waals surface area contributed by atoms with E-state index in [2.05, 4.69) is 35.3 Å². The van der Waals surface area contributed by atoms with Gasteiger partial charge in [0, 0.05) is 22.2 Å². The first-order valence-electron chi connectivity index (χ1n) is 6.63. The minimum Gasteiger partial charge on any atom is -0.464 e. The number of aromatic nitrogens is 1. The van der Waals surface area contributed by atoms with Crippen molar-refractivity contribution in [1.82, 2.24) is 4.98 Å². The van der Waals surface area contributed by atoms with E-state index in [1.54, 1.807) is 6.26 Å². The van der Waals surface area contributed by atoms with E-state index < -0.39 is 0 Å². The Hall–Kier alpha value is -2.74. The van der Waals surface area contributed by atoms with Crippen molar-refractivity contribution in [2.24, 2.45) is 0 Å². The summed E-state index contributed by atoms with van der Waals surface area (Å²) in [6.45, 7) is 0. The second-order valence-electron chi connectivity index (χ2n) is 4.79. The van der Waals surface area contributed by atoms with Crippen molar-refractivity contribution < 1.29 is 4.42 Å². The van der Waals surface area contributed by atoms with Crippen LogP contribution in [-0.2, 0) is 0 Å². The standard InChI is InChI=1S/C18H13NO/c1-2-6-13(7-3-1)17-12-15-14(18-10-5-11-20-18)8-4-9-16(15)19-17/h1-12,19H. The molecule has 2 nitrogen and oxygen atoms in total. The highest BCUT2D eigenvalue weighted by Gasteiger charge is 2.09. The topological polar surface area (TPSA) is 28.9 Å². The highest BCUT2D eigenvalue weighted by molar-refractivity contribution is 5.97.